The van der Waals surface area contributed by atoms with Crippen molar-refractivity contribution >= 4 is 33.8 Å². The first-order chi connectivity index (χ1) is 10.7. The molecule has 6 heteroatoms. The minimum Gasteiger partial charge on any atom is -0.321 e. The number of benzene rings is 1. The van der Waals surface area contributed by atoms with Gasteiger partial charge in [0.05, 0.1) is 9.88 Å². The molecule has 0 saturated carbocycles. The van der Waals surface area contributed by atoms with Crippen molar-refractivity contribution in [1.29, 1.82) is 0 Å². The molecule has 0 radical (unpaired) electrons. The van der Waals surface area contributed by atoms with Crippen LogP contribution in [0.2, 0.25) is 0 Å². The van der Waals surface area contributed by atoms with Crippen LogP contribution >= 0.6 is 11.3 Å². The molecule has 1 aromatic heterocycles. The van der Waals surface area contributed by atoms with Crippen LogP contribution in [-0.4, -0.2) is 11.8 Å². The van der Waals surface area contributed by atoms with Crippen molar-refractivity contribution in [3.8, 4) is 0 Å². The molecule has 23 heavy (non-hydrogen) atoms. The van der Waals surface area contributed by atoms with E-state index in [2.05, 4.69) is 10.6 Å². The van der Waals surface area contributed by atoms with E-state index in [4.69, 9.17) is 0 Å². The Balaban J connectivity index is 2.14. The van der Waals surface area contributed by atoms with Crippen molar-refractivity contribution in [3.05, 3.63) is 46.6 Å². The standard InChI is InChI=1S/C17H19FN2O2S/c1-10-8-13(20-16(22)17(2,3)4)23-14(10)15(21)19-12-7-5-6-11(18)9-12/h5-9H,1-4H3,(H,19,21)(H,20,22). The van der Waals surface area contributed by atoms with Crippen molar-refractivity contribution in [3.63, 3.8) is 0 Å². The lowest BCUT2D eigenvalue weighted by atomic mass is 9.96. The van der Waals surface area contributed by atoms with Crippen LogP contribution < -0.4 is 10.6 Å². The Morgan fingerprint density at radius 3 is 2.43 bits per heavy atom. The highest BCUT2D eigenvalue weighted by Crippen LogP contribution is 2.29. The zero-order chi connectivity index (χ0) is 17.2. The van der Waals surface area contributed by atoms with Crippen molar-refractivity contribution < 1.29 is 14.0 Å². The van der Waals surface area contributed by atoms with E-state index in [1.807, 2.05) is 20.8 Å². The Hall–Kier alpha value is -2.21. The largest absolute Gasteiger partial charge is 0.321 e. The molecule has 0 spiro atoms. The van der Waals surface area contributed by atoms with Gasteiger partial charge in [0.25, 0.3) is 5.91 Å². The van der Waals surface area contributed by atoms with E-state index in [9.17, 15) is 14.0 Å². The van der Waals surface area contributed by atoms with Crippen molar-refractivity contribution in [2.24, 2.45) is 5.41 Å². The minimum atomic E-state index is -0.512. The highest BCUT2D eigenvalue weighted by atomic mass is 32.1. The molecule has 2 aromatic rings. The summed E-state index contributed by atoms with van der Waals surface area (Å²) in [6, 6.07) is 7.47. The van der Waals surface area contributed by atoms with E-state index >= 15 is 0 Å². The fourth-order valence-electron chi connectivity index (χ4n) is 1.82. The third-order valence-corrected chi connectivity index (χ3v) is 4.28. The molecule has 4 nitrogen and oxygen atoms in total. The van der Waals surface area contributed by atoms with Crippen LogP contribution in [0.15, 0.2) is 30.3 Å². The van der Waals surface area contributed by atoms with E-state index in [1.54, 1.807) is 19.1 Å². The van der Waals surface area contributed by atoms with Crippen molar-refractivity contribution in [2.45, 2.75) is 27.7 Å². The van der Waals surface area contributed by atoms with Crippen LogP contribution in [0.3, 0.4) is 0 Å². The smallest absolute Gasteiger partial charge is 0.266 e. The summed E-state index contributed by atoms with van der Waals surface area (Å²) in [5, 5.41) is 6.08. The summed E-state index contributed by atoms with van der Waals surface area (Å²) in [6.07, 6.45) is 0. The molecule has 0 saturated heterocycles. The molecular weight excluding hydrogens is 315 g/mol. The second-order valence-corrected chi connectivity index (χ2v) is 7.34. The van der Waals surface area contributed by atoms with Gasteiger partial charge in [0.2, 0.25) is 5.91 Å². The number of amides is 2. The summed E-state index contributed by atoms with van der Waals surface area (Å²) >= 11 is 1.20. The highest BCUT2D eigenvalue weighted by Gasteiger charge is 2.23. The molecule has 1 aromatic carbocycles. The van der Waals surface area contributed by atoms with E-state index in [0.29, 0.717) is 15.6 Å². The number of carbonyl (C=O) groups excluding carboxylic acids is 2. The molecule has 0 bridgehead atoms. The summed E-state index contributed by atoms with van der Waals surface area (Å²) in [7, 11) is 0. The number of rotatable bonds is 3. The number of nitrogens with one attached hydrogen (secondary N) is 2. The quantitative estimate of drug-likeness (QED) is 0.872. The van der Waals surface area contributed by atoms with Crippen LogP contribution in [0, 0.1) is 18.2 Å². The Labute approximate surface area is 138 Å². The van der Waals surface area contributed by atoms with Crippen LogP contribution in [0.25, 0.3) is 0 Å². The summed E-state index contributed by atoms with van der Waals surface area (Å²) in [5.74, 6) is -0.853. The van der Waals surface area contributed by atoms with Gasteiger partial charge in [-0.2, -0.15) is 0 Å². The fourth-order valence-corrected chi connectivity index (χ4v) is 2.79. The number of hydrogen-bond donors (Lipinski definition) is 2. The molecule has 2 amide bonds. The summed E-state index contributed by atoms with van der Waals surface area (Å²) in [4.78, 5) is 24.8. The fraction of sp³-hybridized carbons (Fsp3) is 0.294. The first-order valence-electron chi connectivity index (χ1n) is 7.15. The molecule has 0 aliphatic heterocycles. The lowest BCUT2D eigenvalue weighted by molar-refractivity contribution is -0.123. The Morgan fingerprint density at radius 2 is 1.83 bits per heavy atom. The van der Waals surface area contributed by atoms with Gasteiger partial charge < -0.3 is 10.6 Å². The first kappa shape index (κ1) is 17.1. The summed E-state index contributed by atoms with van der Waals surface area (Å²) < 4.78 is 13.2. The maximum atomic E-state index is 13.2. The topological polar surface area (TPSA) is 58.2 Å². The minimum absolute atomic E-state index is 0.115. The molecular formula is C17H19FN2O2S. The van der Waals surface area contributed by atoms with Gasteiger partial charge in [-0.05, 0) is 36.8 Å². The predicted molar refractivity (Wildman–Crippen MR) is 91.5 cm³/mol. The number of hydrogen-bond acceptors (Lipinski definition) is 3. The second-order valence-electron chi connectivity index (χ2n) is 6.29. The molecule has 1 heterocycles. The molecule has 0 atom stereocenters. The van der Waals surface area contributed by atoms with Crippen LogP contribution in [0.5, 0.6) is 0 Å². The number of halogens is 1. The van der Waals surface area contributed by atoms with Gasteiger partial charge in [0.15, 0.2) is 0 Å². The SMILES string of the molecule is Cc1cc(NC(=O)C(C)(C)C)sc1C(=O)Nc1cccc(F)c1. The van der Waals surface area contributed by atoms with E-state index in [1.165, 1.54) is 29.5 Å². The zero-order valence-corrected chi connectivity index (χ0v) is 14.3. The lowest BCUT2D eigenvalue weighted by Gasteiger charge is -2.16. The molecule has 122 valence electrons. The molecule has 0 fully saturated rings. The van der Waals surface area contributed by atoms with E-state index < -0.39 is 11.2 Å². The lowest BCUT2D eigenvalue weighted by Crippen LogP contribution is -2.27. The van der Waals surface area contributed by atoms with Gasteiger partial charge >= 0.3 is 0 Å². The number of aryl methyl sites for hydroxylation is 1. The van der Waals surface area contributed by atoms with Gasteiger partial charge in [-0.15, -0.1) is 11.3 Å². The zero-order valence-electron chi connectivity index (χ0n) is 13.5. The average Bonchev–Trinajstić information content (AvgIpc) is 2.78. The molecule has 0 unspecified atom stereocenters. The third kappa shape index (κ3) is 4.39. The summed E-state index contributed by atoms with van der Waals surface area (Å²) in [5.41, 5.74) is 0.637. The van der Waals surface area contributed by atoms with E-state index in [0.717, 1.165) is 5.56 Å². The monoisotopic (exact) mass is 334 g/mol. The van der Waals surface area contributed by atoms with Gasteiger partial charge in [0.1, 0.15) is 5.82 Å². The molecule has 2 rings (SSSR count). The maximum Gasteiger partial charge on any atom is 0.266 e. The van der Waals surface area contributed by atoms with Gasteiger partial charge in [-0.25, -0.2) is 4.39 Å². The highest BCUT2D eigenvalue weighted by molar-refractivity contribution is 7.18. The number of thiophene rings is 1. The Kier molecular flexibility index (Phi) is 4.85. The van der Waals surface area contributed by atoms with Crippen molar-refractivity contribution in [2.75, 3.05) is 10.6 Å². The van der Waals surface area contributed by atoms with Crippen molar-refractivity contribution in [1.82, 2.24) is 0 Å². The van der Waals surface area contributed by atoms with Crippen LogP contribution in [-0.2, 0) is 4.79 Å². The Bertz CT molecular complexity index is 747. The maximum absolute atomic E-state index is 13.2. The number of anilines is 2. The third-order valence-electron chi connectivity index (χ3n) is 3.12. The van der Waals surface area contributed by atoms with E-state index in [-0.39, 0.29) is 11.8 Å². The second kappa shape index (κ2) is 6.50. The van der Waals surface area contributed by atoms with Crippen LogP contribution in [0.1, 0.15) is 36.0 Å². The number of carbonyl (C=O) groups is 2. The molecule has 0 aliphatic rings. The first-order valence-corrected chi connectivity index (χ1v) is 7.97. The normalized spacial score (nSPS) is 11.2. The van der Waals surface area contributed by atoms with Gasteiger partial charge in [-0.1, -0.05) is 26.8 Å². The van der Waals surface area contributed by atoms with Gasteiger partial charge in [0, 0.05) is 11.1 Å². The Morgan fingerprint density at radius 1 is 1.13 bits per heavy atom. The molecule has 2 N–H and O–H groups in total. The summed E-state index contributed by atoms with van der Waals surface area (Å²) in [6.45, 7) is 7.25. The van der Waals surface area contributed by atoms with Crippen LogP contribution in [0.4, 0.5) is 15.1 Å². The molecule has 0 aliphatic carbocycles. The average molecular weight is 334 g/mol. The predicted octanol–water partition coefficient (Wildman–Crippen LogP) is 4.43. The van der Waals surface area contributed by atoms with Gasteiger partial charge in [-0.3, -0.25) is 9.59 Å².